The van der Waals surface area contributed by atoms with Crippen molar-refractivity contribution in [3.63, 3.8) is 0 Å². The second kappa shape index (κ2) is 70.9. The lowest BCUT2D eigenvalue weighted by atomic mass is 9.70. The zero-order chi connectivity index (χ0) is 85.5. The Hall–Kier alpha value is -5.23. The molecule has 0 radical (unpaired) electrons. The molecule has 1 atom stereocenters. The van der Waals surface area contributed by atoms with Crippen LogP contribution in [0.3, 0.4) is 0 Å². The van der Waals surface area contributed by atoms with Gasteiger partial charge >= 0.3 is 0 Å². The van der Waals surface area contributed by atoms with Gasteiger partial charge in [-0.15, -0.1) is 0 Å². The molecular formula is C95H149NO25. The Labute approximate surface area is 723 Å². The van der Waals surface area contributed by atoms with Gasteiger partial charge in [-0.05, 0) is 139 Å². The predicted molar refractivity (Wildman–Crippen MR) is 468 cm³/mol. The average Bonchev–Trinajstić information content (AvgIpc) is 1.56. The van der Waals surface area contributed by atoms with Crippen LogP contribution < -0.4 is 5.73 Å². The first-order valence-corrected chi connectivity index (χ1v) is 44.2. The van der Waals surface area contributed by atoms with Gasteiger partial charge in [-0.2, -0.15) is 0 Å². The third-order valence-corrected chi connectivity index (χ3v) is 20.3. The quantitative estimate of drug-likeness (QED) is 0.0354. The number of nitrogens with two attached hydrogens (primary N) is 1. The van der Waals surface area contributed by atoms with Gasteiger partial charge in [-0.3, -0.25) is 0 Å². The maximum absolute atomic E-state index is 11.7. The number of aryl methyl sites for hydroxylation is 2. The van der Waals surface area contributed by atoms with E-state index < -0.39 is 0 Å². The minimum Gasteiger partial charge on any atom is -0.382 e. The molecule has 0 aliphatic heterocycles. The standard InChI is InChI=1S/C95H149NO25/c1-81-19-25-90-91-26-24-87(86-16-10-18-89(79-86)94(3,27-6-7-30-96)88-17-9-15-85(78-88)84-22-20-83(21-23-84)14-8-13-82(2)97)80-93(91)95(92(90)77-81,28-11-31-100-37-39-104-45-47-108-53-55-112-61-63-116-69-71-120-75-73-118-67-65-114-59-57-110-51-49-106-43-41-102-35-33-98-4)29-12-32-101-38-40-105-46-48-109-54-56-113-62-64-117-70-72-121-76-74-119-68-66-115-60-58-111-52-50-107-44-42-103-36-34-99-5/h9-10,15-26,77-80H,6-8,11-14,27-76,96H2,1-5H3. The number of fused-ring (bicyclic) bond motifs is 3. The number of methoxy groups -OCH3 is 2. The summed E-state index contributed by atoms with van der Waals surface area (Å²) in [6.45, 7) is 30.0. The molecule has 0 fully saturated rings. The number of unbranched alkanes of at least 4 members (excludes halogenated alkanes) is 1. The fraction of sp³-hybridized carbons (Fsp3) is 0.674. The van der Waals surface area contributed by atoms with Crippen molar-refractivity contribution in [2.45, 2.75) is 95.8 Å². The first-order valence-electron chi connectivity index (χ1n) is 44.2. The van der Waals surface area contributed by atoms with Crippen LogP contribution in [0.1, 0.15) is 105 Å². The van der Waals surface area contributed by atoms with E-state index >= 15 is 0 Å². The van der Waals surface area contributed by atoms with Gasteiger partial charge in [0.25, 0.3) is 0 Å². The van der Waals surface area contributed by atoms with E-state index in [4.69, 9.17) is 119 Å². The van der Waals surface area contributed by atoms with E-state index in [1.165, 1.54) is 66.8 Å². The SMILES string of the molecule is COCCOCCOCCOCCOCCOCCOCCOCCOCCOCCOCCOCCCC1(CCCOCCOCCOCCOCCOCCOCCOCCOCCOCCOCCOCCOC)c2cc(C)ccc2-c2ccc(-c3cccc(C(C)(CCCCN)c4cccc(-c5ccc(CCCC(C)=O)cc5)c4)c3)cc21. The fourth-order valence-electron chi connectivity index (χ4n) is 13.9. The van der Waals surface area contributed by atoms with E-state index in [-0.39, 0.29) is 16.6 Å². The minimum absolute atomic E-state index is 0.234. The number of benzene rings is 5. The molecule has 0 saturated carbocycles. The third-order valence-electron chi connectivity index (χ3n) is 20.3. The summed E-state index contributed by atoms with van der Waals surface area (Å²) in [4.78, 5) is 11.7. The lowest BCUT2D eigenvalue weighted by molar-refractivity contribution is -0.117. The molecule has 0 bridgehead atoms. The highest BCUT2D eigenvalue weighted by atomic mass is 16.6. The number of hydrogen-bond acceptors (Lipinski definition) is 26. The Balaban J connectivity index is 0.891. The highest BCUT2D eigenvalue weighted by Gasteiger charge is 2.43. The Kier molecular flexibility index (Phi) is 61.2. The smallest absolute Gasteiger partial charge is 0.129 e. The van der Waals surface area contributed by atoms with E-state index in [1.807, 2.05) is 0 Å². The molecule has 0 heterocycles. The van der Waals surface area contributed by atoms with Gasteiger partial charge in [-0.25, -0.2) is 0 Å². The van der Waals surface area contributed by atoms with E-state index in [1.54, 1.807) is 21.1 Å². The number of Topliss-reactive ketones (excluding diaryl/α,β-unsaturated/α-hetero) is 1. The summed E-state index contributed by atoms with van der Waals surface area (Å²) in [6.07, 6.45) is 8.75. The summed E-state index contributed by atoms with van der Waals surface area (Å²) in [5, 5.41) is 0. The summed E-state index contributed by atoms with van der Waals surface area (Å²) >= 11 is 0. The van der Waals surface area contributed by atoms with E-state index in [0.29, 0.717) is 317 Å². The van der Waals surface area contributed by atoms with Crippen LogP contribution in [0.2, 0.25) is 0 Å². The number of ether oxygens (including phenoxy) is 24. The molecule has 6 rings (SSSR count). The normalized spacial score (nSPS) is 12.9. The average molecular weight is 1710 g/mol. The van der Waals surface area contributed by atoms with Crippen molar-refractivity contribution in [2.24, 2.45) is 5.73 Å². The number of carbonyl (C=O) groups is 1. The van der Waals surface area contributed by atoms with Crippen molar-refractivity contribution in [1.29, 1.82) is 0 Å². The van der Waals surface area contributed by atoms with Crippen molar-refractivity contribution in [1.82, 2.24) is 0 Å². The molecule has 26 nitrogen and oxygen atoms in total. The van der Waals surface area contributed by atoms with E-state index in [2.05, 4.69) is 123 Å². The van der Waals surface area contributed by atoms with E-state index in [9.17, 15) is 4.79 Å². The summed E-state index contributed by atoms with van der Waals surface area (Å²) in [5.41, 5.74) is 20.6. The van der Waals surface area contributed by atoms with Crippen LogP contribution >= 0.6 is 0 Å². The van der Waals surface area contributed by atoms with Gasteiger partial charge in [0.2, 0.25) is 0 Å². The molecule has 2 N–H and O–H groups in total. The predicted octanol–water partition coefficient (Wildman–Crippen LogP) is 12.2. The summed E-state index contributed by atoms with van der Waals surface area (Å²) in [6, 6.07) is 41.3. The van der Waals surface area contributed by atoms with Gasteiger partial charge in [-0.1, -0.05) is 122 Å². The maximum Gasteiger partial charge on any atom is 0.129 e. The van der Waals surface area contributed by atoms with Gasteiger partial charge in [0.15, 0.2) is 0 Å². The first-order chi connectivity index (χ1) is 59.7. The fourth-order valence-corrected chi connectivity index (χ4v) is 13.9. The van der Waals surface area contributed by atoms with Gasteiger partial charge in [0, 0.05) is 44.7 Å². The maximum atomic E-state index is 11.7. The molecule has 5 aromatic rings. The monoisotopic (exact) mass is 1700 g/mol. The van der Waals surface area contributed by atoms with Crippen LogP contribution in [0.4, 0.5) is 0 Å². The Morgan fingerprint density at radius 1 is 0.306 bits per heavy atom. The molecule has 121 heavy (non-hydrogen) atoms. The van der Waals surface area contributed by atoms with Crippen LogP contribution in [0.15, 0.2) is 109 Å². The van der Waals surface area contributed by atoms with Crippen molar-refractivity contribution in [3.05, 3.63) is 143 Å². The second-order valence-electron chi connectivity index (χ2n) is 29.5. The Morgan fingerprint density at radius 3 is 0.901 bits per heavy atom. The van der Waals surface area contributed by atoms with Gasteiger partial charge in [0.05, 0.1) is 291 Å². The molecular weight excluding hydrogens is 1560 g/mol. The largest absolute Gasteiger partial charge is 0.382 e. The number of ketones is 1. The summed E-state index contributed by atoms with van der Waals surface area (Å²) in [7, 11) is 3.30. The second-order valence-corrected chi connectivity index (χ2v) is 29.5. The van der Waals surface area contributed by atoms with E-state index in [0.717, 1.165) is 57.8 Å². The highest BCUT2D eigenvalue weighted by molar-refractivity contribution is 5.84. The molecule has 26 heteroatoms. The molecule has 0 saturated heterocycles. The van der Waals surface area contributed by atoms with Crippen LogP contribution in [-0.4, -0.2) is 330 Å². The van der Waals surface area contributed by atoms with Crippen molar-refractivity contribution in [2.75, 3.05) is 325 Å². The Bertz CT molecular complexity index is 3220. The van der Waals surface area contributed by atoms with Crippen LogP contribution in [-0.2, 0) is 136 Å². The molecule has 5 aromatic carbocycles. The van der Waals surface area contributed by atoms with Gasteiger partial charge < -0.3 is 124 Å². The molecule has 0 spiro atoms. The number of hydrogen-bond donors (Lipinski definition) is 1. The topological polar surface area (TPSA) is 265 Å². The van der Waals surface area contributed by atoms with Crippen LogP contribution in [0.5, 0.6) is 0 Å². The molecule has 0 aromatic heterocycles. The van der Waals surface area contributed by atoms with Crippen molar-refractivity contribution < 1.29 is 118 Å². The number of carbonyl (C=O) groups excluding carboxylic acids is 1. The zero-order valence-electron chi connectivity index (χ0n) is 74.0. The molecule has 1 aliphatic rings. The Morgan fingerprint density at radius 2 is 0.587 bits per heavy atom. The van der Waals surface area contributed by atoms with Crippen molar-refractivity contribution >= 4 is 5.78 Å². The molecule has 1 unspecified atom stereocenters. The molecule has 684 valence electrons. The van der Waals surface area contributed by atoms with Crippen LogP contribution in [0, 0.1) is 6.92 Å². The highest BCUT2D eigenvalue weighted by Crippen LogP contribution is 2.55. The molecule has 1 aliphatic carbocycles. The van der Waals surface area contributed by atoms with Crippen molar-refractivity contribution in [3.8, 4) is 33.4 Å². The molecule has 0 amide bonds. The summed E-state index contributed by atoms with van der Waals surface area (Å²) in [5.74, 6) is 0.234. The minimum atomic E-state index is -0.297. The first kappa shape index (κ1) is 105. The summed E-state index contributed by atoms with van der Waals surface area (Å²) < 4.78 is 135. The third kappa shape index (κ3) is 46.7. The zero-order valence-corrected chi connectivity index (χ0v) is 74.0. The van der Waals surface area contributed by atoms with Crippen LogP contribution in [0.25, 0.3) is 33.4 Å². The lowest BCUT2D eigenvalue weighted by Crippen LogP contribution is -2.27. The van der Waals surface area contributed by atoms with Gasteiger partial charge in [0.1, 0.15) is 5.78 Å². The number of rotatable bonds is 86. The lowest BCUT2D eigenvalue weighted by Gasteiger charge is -2.33.